The summed E-state index contributed by atoms with van der Waals surface area (Å²) in [6.07, 6.45) is 4.72. The third kappa shape index (κ3) is 2.94. The monoisotopic (exact) mass is 383 g/mol. The molecule has 0 aliphatic rings. The molecule has 128 valence electrons. The van der Waals surface area contributed by atoms with E-state index in [-0.39, 0.29) is 16.5 Å². The number of aromatic nitrogens is 3. The fourth-order valence-corrected chi connectivity index (χ4v) is 3.56. The van der Waals surface area contributed by atoms with Gasteiger partial charge in [-0.15, -0.1) is 11.3 Å². The quantitative estimate of drug-likeness (QED) is 0.477. The minimum Gasteiger partial charge on any atom is -0.267 e. The van der Waals surface area contributed by atoms with Gasteiger partial charge in [-0.3, -0.25) is 9.36 Å². The summed E-state index contributed by atoms with van der Waals surface area (Å²) in [5.74, 6) is -0.00674. The fourth-order valence-electron chi connectivity index (χ4n) is 2.59. The molecule has 0 saturated heterocycles. The highest BCUT2D eigenvalue weighted by atomic mass is 35.5. The van der Waals surface area contributed by atoms with Crippen molar-refractivity contribution >= 4 is 45.3 Å². The lowest BCUT2D eigenvalue weighted by Gasteiger charge is -2.11. The first-order chi connectivity index (χ1) is 12.6. The zero-order valence-electron chi connectivity index (χ0n) is 13.3. The summed E-state index contributed by atoms with van der Waals surface area (Å²) < 4.78 is 15.8. The van der Waals surface area contributed by atoms with Gasteiger partial charge in [-0.1, -0.05) is 29.8 Å². The van der Waals surface area contributed by atoms with Gasteiger partial charge in [-0.25, -0.2) is 14.4 Å². The summed E-state index contributed by atoms with van der Waals surface area (Å²) in [4.78, 5) is 21.6. The largest absolute Gasteiger partial charge is 0.276 e. The fraction of sp³-hybridized carbons (Fsp3) is 0. The summed E-state index contributed by atoms with van der Waals surface area (Å²) in [7, 11) is 0. The van der Waals surface area contributed by atoms with Gasteiger partial charge in [0.05, 0.1) is 11.2 Å². The first-order valence-corrected chi connectivity index (χ1v) is 8.94. The average Bonchev–Trinajstić information content (AvgIpc) is 3.11. The molecule has 4 aromatic rings. The Balaban J connectivity index is 1.96. The summed E-state index contributed by atoms with van der Waals surface area (Å²) >= 11 is 7.50. The molecule has 0 fully saturated rings. The molecule has 3 aromatic heterocycles. The number of nitrogens with zero attached hydrogens (tertiary/aromatic N) is 3. The van der Waals surface area contributed by atoms with E-state index in [1.807, 2.05) is 0 Å². The van der Waals surface area contributed by atoms with Crippen molar-refractivity contribution in [1.29, 1.82) is 0 Å². The number of pyridine rings is 1. The Kier molecular flexibility index (Phi) is 4.36. The molecule has 26 heavy (non-hydrogen) atoms. The maximum Gasteiger partial charge on any atom is 0.276 e. The lowest BCUT2D eigenvalue weighted by atomic mass is 10.2. The maximum atomic E-state index is 13.9. The summed E-state index contributed by atoms with van der Waals surface area (Å²) in [6.45, 7) is 0. The molecule has 0 amide bonds. The minimum absolute atomic E-state index is 0.188. The second-order valence-electron chi connectivity index (χ2n) is 5.41. The number of hydrogen-bond donors (Lipinski definition) is 0. The van der Waals surface area contributed by atoms with Crippen LogP contribution in [0.2, 0.25) is 5.15 Å². The number of halogens is 2. The molecule has 1 aromatic carbocycles. The Morgan fingerprint density at radius 3 is 2.77 bits per heavy atom. The van der Waals surface area contributed by atoms with E-state index in [1.54, 1.807) is 60.1 Å². The van der Waals surface area contributed by atoms with E-state index in [9.17, 15) is 9.18 Å². The number of hydrogen-bond acceptors (Lipinski definition) is 4. The third-order valence-corrected chi connectivity index (χ3v) is 4.99. The van der Waals surface area contributed by atoms with Gasteiger partial charge in [0.1, 0.15) is 16.3 Å². The van der Waals surface area contributed by atoms with Crippen LogP contribution in [-0.4, -0.2) is 14.5 Å². The van der Waals surface area contributed by atoms with Crippen LogP contribution in [0.3, 0.4) is 0 Å². The van der Waals surface area contributed by atoms with Gasteiger partial charge in [0.15, 0.2) is 5.15 Å². The summed E-state index contributed by atoms with van der Waals surface area (Å²) in [5.41, 5.74) is 1.17. The van der Waals surface area contributed by atoms with Gasteiger partial charge in [0.2, 0.25) is 0 Å². The SMILES string of the molecule is O=c1c2sccc2nc(C=Cc2ccccc2F)n1-c1cccnc1Cl. The molecule has 4 nitrogen and oxygen atoms in total. The Morgan fingerprint density at radius 1 is 1.12 bits per heavy atom. The third-order valence-electron chi connectivity index (χ3n) is 3.80. The molecule has 0 N–H and O–H groups in total. The van der Waals surface area contributed by atoms with E-state index in [4.69, 9.17) is 11.6 Å². The Hall–Kier alpha value is -2.83. The van der Waals surface area contributed by atoms with E-state index in [1.165, 1.54) is 22.0 Å². The molecule has 4 rings (SSSR count). The van der Waals surface area contributed by atoms with E-state index >= 15 is 0 Å². The second kappa shape index (κ2) is 6.82. The van der Waals surface area contributed by atoms with Crippen LogP contribution in [0.25, 0.3) is 28.1 Å². The number of rotatable bonds is 3. The van der Waals surface area contributed by atoms with Gasteiger partial charge >= 0.3 is 0 Å². The van der Waals surface area contributed by atoms with Crippen LogP contribution in [0, 0.1) is 5.82 Å². The topological polar surface area (TPSA) is 47.8 Å². The smallest absolute Gasteiger partial charge is 0.267 e. The number of thiophene rings is 1. The van der Waals surface area contributed by atoms with Crippen molar-refractivity contribution in [3.8, 4) is 5.69 Å². The van der Waals surface area contributed by atoms with Gasteiger partial charge in [0, 0.05) is 11.8 Å². The minimum atomic E-state index is -0.353. The molecular formula is C19H11ClFN3OS. The molecule has 0 radical (unpaired) electrons. The lowest BCUT2D eigenvalue weighted by molar-refractivity contribution is 0.625. The van der Waals surface area contributed by atoms with Crippen LogP contribution >= 0.6 is 22.9 Å². The van der Waals surface area contributed by atoms with Crippen molar-refractivity contribution < 1.29 is 4.39 Å². The highest BCUT2D eigenvalue weighted by Gasteiger charge is 2.14. The van der Waals surface area contributed by atoms with Crippen molar-refractivity contribution in [1.82, 2.24) is 14.5 Å². The zero-order chi connectivity index (χ0) is 18.1. The van der Waals surface area contributed by atoms with Gasteiger partial charge in [-0.05, 0) is 41.8 Å². The molecule has 0 saturated carbocycles. The highest BCUT2D eigenvalue weighted by molar-refractivity contribution is 7.17. The molecule has 0 aliphatic heterocycles. The molecular weight excluding hydrogens is 373 g/mol. The maximum absolute atomic E-state index is 13.9. The van der Waals surface area contributed by atoms with Gasteiger partial charge in [-0.2, -0.15) is 0 Å². The summed E-state index contributed by atoms with van der Waals surface area (Å²) in [6, 6.07) is 11.5. The number of benzene rings is 1. The Bertz CT molecular complexity index is 1200. The predicted octanol–water partition coefficient (Wildman–Crippen LogP) is 4.81. The predicted molar refractivity (Wildman–Crippen MR) is 103 cm³/mol. The van der Waals surface area contributed by atoms with Crippen molar-refractivity contribution in [3.63, 3.8) is 0 Å². The zero-order valence-corrected chi connectivity index (χ0v) is 14.8. The Morgan fingerprint density at radius 2 is 1.96 bits per heavy atom. The van der Waals surface area contributed by atoms with Crippen LogP contribution in [-0.2, 0) is 0 Å². The second-order valence-corrected chi connectivity index (χ2v) is 6.69. The standard InChI is InChI=1S/C19H11ClFN3OS/c20-18-15(6-3-10-22-18)24-16(8-7-12-4-1-2-5-13(12)21)23-14-9-11-26-17(14)19(24)25/h1-11H. The van der Waals surface area contributed by atoms with E-state index in [0.717, 1.165) is 0 Å². The van der Waals surface area contributed by atoms with Gasteiger partial charge < -0.3 is 0 Å². The average molecular weight is 384 g/mol. The molecule has 0 spiro atoms. The van der Waals surface area contributed by atoms with Crippen molar-refractivity contribution in [2.24, 2.45) is 0 Å². The van der Waals surface area contributed by atoms with Crippen molar-refractivity contribution in [3.05, 3.63) is 86.8 Å². The first-order valence-electron chi connectivity index (χ1n) is 7.69. The Labute approximate surface area is 156 Å². The molecule has 0 bridgehead atoms. The number of fused-ring (bicyclic) bond motifs is 1. The molecule has 7 heteroatoms. The van der Waals surface area contributed by atoms with E-state index in [2.05, 4.69) is 9.97 Å². The molecule has 0 aliphatic carbocycles. The summed E-state index contributed by atoms with van der Waals surface area (Å²) in [5, 5.41) is 1.99. The van der Waals surface area contributed by atoms with Gasteiger partial charge in [0.25, 0.3) is 5.56 Å². The molecule has 0 atom stereocenters. The van der Waals surface area contributed by atoms with E-state index < -0.39 is 0 Å². The van der Waals surface area contributed by atoms with Crippen LogP contribution in [0.4, 0.5) is 4.39 Å². The van der Waals surface area contributed by atoms with E-state index in [0.29, 0.717) is 27.3 Å². The van der Waals surface area contributed by atoms with Crippen molar-refractivity contribution in [2.75, 3.05) is 0 Å². The van der Waals surface area contributed by atoms with Crippen LogP contribution in [0.15, 0.2) is 58.8 Å². The normalized spacial score (nSPS) is 11.5. The molecule has 0 unspecified atom stereocenters. The highest BCUT2D eigenvalue weighted by Crippen LogP contribution is 2.22. The van der Waals surface area contributed by atoms with Crippen LogP contribution in [0.1, 0.15) is 11.4 Å². The lowest BCUT2D eigenvalue weighted by Crippen LogP contribution is -2.22. The first kappa shape index (κ1) is 16.6. The van der Waals surface area contributed by atoms with Crippen LogP contribution < -0.4 is 5.56 Å². The molecule has 3 heterocycles. The van der Waals surface area contributed by atoms with Crippen molar-refractivity contribution in [2.45, 2.75) is 0 Å². The van der Waals surface area contributed by atoms with Crippen LogP contribution in [0.5, 0.6) is 0 Å².